The van der Waals surface area contributed by atoms with E-state index in [9.17, 15) is 14.8 Å². The number of oxime groups is 1. The van der Waals surface area contributed by atoms with E-state index in [0.29, 0.717) is 11.1 Å². The summed E-state index contributed by atoms with van der Waals surface area (Å²) in [5.41, 5.74) is 1.27. The van der Waals surface area contributed by atoms with Gasteiger partial charge in [-0.1, -0.05) is 29.4 Å². The van der Waals surface area contributed by atoms with E-state index in [1.807, 2.05) is 0 Å². The van der Waals surface area contributed by atoms with Gasteiger partial charge in [0.2, 0.25) is 11.5 Å². The lowest BCUT2D eigenvalue weighted by Crippen LogP contribution is -2.39. The topological polar surface area (TPSA) is 100 Å². The Balaban J connectivity index is 2.30. The highest BCUT2D eigenvalue weighted by molar-refractivity contribution is 6.28. The largest absolute Gasteiger partial charge is 0.571 e. The third kappa shape index (κ3) is 1.88. The molecule has 8 nitrogen and oxygen atoms in total. The van der Waals surface area contributed by atoms with Gasteiger partial charge in [0.05, 0.1) is 7.05 Å². The number of nitrogens with zero attached hydrogens (tertiary/aromatic N) is 4. The molecular formula is C13H10N4O4. The third-order valence-corrected chi connectivity index (χ3v) is 3.12. The van der Waals surface area contributed by atoms with Gasteiger partial charge in [0.15, 0.2) is 5.69 Å². The molecule has 0 spiro atoms. The quantitative estimate of drug-likeness (QED) is 0.269. The zero-order valence-corrected chi connectivity index (χ0v) is 11.2. The highest BCUT2D eigenvalue weighted by Crippen LogP contribution is 2.25. The van der Waals surface area contributed by atoms with Crippen LogP contribution in [0.2, 0.25) is 0 Å². The smallest absolute Gasteiger partial charge is 0.332 e. The van der Waals surface area contributed by atoms with Crippen LogP contribution in [-0.4, -0.2) is 27.2 Å². The maximum absolute atomic E-state index is 12.4. The van der Waals surface area contributed by atoms with Gasteiger partial charge in [-0.05, 0) is 0 Å². The second-order valence-electron chi connectivity index (χ2n) is 4.47. The van der Waals surface area contributed by atoms with Crippen LogP contribution in [0, 0.1) is 5.21 Å². The fourth-order valence-corrected chi connectivity index (χ4v) is 2.20. The molecule has 0 radical (unpaired) electrons. The van der Waals surface area contributed by atoms with Crippen molar-refractivity contribution in [3.05, 3.63) is 52.0 Å². The summed E-state index contributed by atoms with van der Waals surface area (Å²) in [6.07, 6.45) is 0. The van der Waals surface area contributed by atoms with E-state index >= 15 is 0 Å². The van der Waals surface area contributed by atoms with Crippen LogP contribution in [-0.2, 0) is 16.7 Å². The Morgan fingerprint density at radius 3 is 2.71 bits per heavy atom. The van der Waals surface area contributed by atoms with Crippen LogP contribution in [0.15, 0.2) is 29.4 Å². The molecule has 1 heterocycles. The first-order chi connectivity index (χ1) is 10.0. The minimum absolute atomic E-state index is 0.0166. The number of benzene rings is 1. The Labute approximate surface area is 118 Å². The van der Waals surface area contributed by atoms with Gasteiger partial charge < -0.3 is 10.0 Å². The van der Waals surface area contributed by atoms with E-state index in [4.69, 9.17) is 0 Å². The number of hydrogen-bond acceptors (Lipinski definition) is 6. The van der Waals surface area contributed by atoms with Gasteiger partial charge in [0, 0.05) is 28.1 Å². The second-order valence-corrected chi connectivity index (χ2v) is 4.47. The molecule has 1 aliphatic rings. The van der Waals surface area contributed by atoms with E-state index < -0.39 is 5.97 Å². The zero-order valence-electron chi connectivity index (χ0n) is 11.2. The first-order valence-electron chi connectivity index (χ1n) is 6.07. The fourth-order valence-electron chi connectivity index (χ4n) is 2.20. The Kier molecular flexibility index (Phi) is 2.79. The molecule has 0 bridgehead atoms. The molecule has 1 aromatic heterocycles. The Hall–Kier alpha value is -3.03. The molecule has 3 rings (SSSR count). The summed E-state index contributed by atoms with van der Waals surface area (Å²) in [6.45, 7) is 1.21. The van der Waals surface area contributed by atoms with Crippen molar-refractivity contribution in [3.63, 3.8) is 0 Å². The summed E-state index contributed by atoms with van der Waals surface area (Å²) in [4.78, 5) is 28.3. The lowest BCUT2D eigenvalue weighted by atomic mass is 9.89. The van der Waals surface area contributed by atoms with Crippen LogP contribution in [0.1, 0.15) is 34.2 Å². The minimum atomic E-state index is -0.601. The van der Waals surface area contributed by atoms with Crippen molar-refractivity contribution >= 4 is 17.5 Å². The number of fused-ring (bicyclic) bond motifs is 2. The highest BCUT2D eigenvalue weighted by atomic mass is 16.7. The predicted octanol–water partition coefficient (Wildman–Crippen LogP) is -0.0866. The van der Waals surface area contributed by atoms with Crippen molar-refractivity contribution in [3.8, 4) is 0 Å². The van der Waals surface area contributed by atoms with Gasteiger partial charge in [-0.25, -0.2) is 4.79 Å². The molecule has 1 aromatic carbocycles. The van der Waals surface area contributed by atoms with E-state index in [1.54, 1.807) is 24.3 Å². The molecule has 2 aromatic rings. The molecule has 0 unspecified atom stereocenters. The summed E-state index contributed by atoms with van der Waals surface area (Å²) < 4.78 is 1.13. The maximum Gasteiger partial charge on any atom is 0.332 e. The summed E-state index contributed by atoms with van der Waals surface area (Å²) in [5, 5.41) is 19.1. The highest BCUT2D eigenvalue weighted by Gasteiger charge is 2.37. The first-order valence-corrected chi connectivity index (χ1v) is 6.07. The first kappa shape index (κ1) is 13.0. The van der Waals surface area contributed by atoms with Gasteiger partial charge in [0.1, 0.15) is 5.71 Å². The lowest BCUT2D eigenvalue weighted by Gasteiger charge is -2.14. The zero-order chi connectivity index (χ0) is 15.1. The van der Waals surface area contributed by atoms with Crippen molar-refractivity contribution < 1.29 is 19.4 Å². The molecule has 0 atom stereocenters. The van der Waals surface area contributed by atoms with Gasteiger partial charge in [-0.2, -0.15) is 0 Å². The Morgan fingerprint density at radius 1 is 1.38 bits per heavy atom. The molecule has 0 N–H and O–H groups in total. The van der Waals surface area contributed by atoms with Crippen molar-refractivity contribution in [2.24, 2.45) is 12.2 Å². The van der Waals surface area contributed by atoms with Crippen LogP contribution in [0.25, 0.3) is 0 Å². The fraction of sp³-hybridized carbons (Fsp3) is 0.154. The van der Waals surface area contributed by atoms with Crippen molar-refractivity contribution in [2.75, 3.05) is 0 Å². The van der Waals surface area contributed by atoms with Crippen LogP contribution < -0.4 is 4.96 Å². The lowest BCUT2D eigenvalue weighted by molar-refractivity contribution is -0.747. The number of carbonyl (C=O) groups is 2. The average molecular weight is 286 g/mol. The van der Waals surface area contributed by atoms with Crippen molar-refractivity contribution in [1.29, 1.82) is 0 Å². The predicted molar refractivity (Wildman–Crippen MR) is 69.4 cm³/mol. The monoisotopic (exact) mass is 286 g/mol. The number of carbonyl (C=O) groups excluding carboxylic acids is 2. The summed E-state index contributed by atoms with van der Waals surface area (Å²) in [7, 11) is 1.45. The molecule has 0 amide bonds. The van der Waals surface area contributed by atoms with Crippen molar-refractivity contribution in [1.82, 2.24) is 9.78 Å². The van der Waals surface area contributed by atoms with E-state index in [-0.39, 0.29) is 27.8 Å². The second kappa shape index (κ2) is 4.51. The SMILES string of the molecule is CC(=O)O/N=C1/c2ccccc2C(=O)c2n[n+]([O-])n(C)c21. The molecule has 0 saturated carbocycles. The molecule has 106 valence electrons. The summed E-state index contributed by atoms with van der Waals surface area (Å²) in [5.74, 6) is -0.969. The van der Waals surface area contributed by atoms with Crippen LogP contribution in [0.5, 0.6) is 0 Å². The van der Waals surface area contributed by atoms with Gasteiger partial charge >= 0.3 is 5.97 Å². The van der Waals surface area contributed by atoms with E-state index in [1.165, 1.54) is 14.0 Å². The average Bonchev–Trinajstić information content (AvgIpc) is 2.76. The van der Waals surface area contributed by atoms with E-state index in [0.717, 1.165) is 4.68 Å². The molecule has 0 fully saturated rings. The summed E-state index contributed by atoms with van der Waals surface area (Å²) in [6, 6.07) is 6.69. The number of aromatic nitrogens is 3. The third-order valence-electron chi connectivity index (χ3n) is 3.12. The van der Waals surface area contributed by atoms with Crippen LogP contribution in [0.3, 0.4) is 0 Å². The standard InChI is InChI=1S/C13H10N4O4/c1-7(18)21-15-10-8-5-3-4-6-9(8)13(19)11-12(10)16(2)17(20)14-11/h3-6H,1-2H3/b15-10-. The van der Waals surface area contributed by atoms with Gasteiger partial charge in [-0.3, -0.25) is 4.79 Å². The van der Waals surface area contributed by atoms with Crippen LogP contribution in [0.4, 0.5) is 0 Å². The van der Waals surface area contributed by atoms with Gasteiger partial charge in [0.25, 0.3) is 0 Å². The number of hydrogen-bond donors (Lipinski definition) is 0. The molecule has 0 aliphatic heterocycles. The number of ketones is 1. The normalized spacial score (nSPS) is 14.8. The summed E-state index contributed by atoms with van der Waals surface area (Å²) >= 11 is 0. The molecule has 21 heavy (non-hydrogen) atoms. The number of rotatable bonds is 1. The molecule has 0 saturated heterocycles. The van der Waals surface area contributed by atoms with Gasteiger partial charge in [-0.15, -0.1) is 4.68 Å². The molecule has 8 heteroatoms. The molecule has 1 aliphatic carbocycles. The Morgan fingerprint density at radius 2 is 2.05 bits per heavy atom. The maximum atomic E-state index is 12.4. The Bertz CT molecular complexity index is 806. The van der Waals surface area contributed by atoms with Crippen LogP contribution >= 0.6 is 0 Å². The van der Waals surface area contributed by atoms with Crippen molar-refractivity contribution in [2.45, 2.75) is 6.92 Å². The molecular weight excluding hydrogens is 276 g/mol. The minimum Gasteiger partial charge on any atom is -0.571 e. The van der Waals surface area contributed by atoms with E-state index in [2.05, 4.69) is 15.1 Å².